The average Bonchev–Trinajstić information content (AvgIpc) is 3.10. The maximum Gasteiger partial charge on any atom is 0.254 e. The summed E-state index contributed by atoms with van der Waals surface area (Å²) in [5, 5.41) is 0.926. The number of benzene rings is 2. The van der Waals surface area contributed by atoms with Gasteiger partial charge in [0.2, 0.25) is 0 Å². The molecule has 2 aromatic carbocycles. The third-order valence-corrected chi connectivity index (χ3v) is 5.56. The first kappa shape index (κ1) is 15.9. The Labute approximate surface area is 149 Å². The number of aromatic nitrogens is 1. The fourth-order valence-corrected chi connectivity index (χ4v) is 3.85. The van der Waals surface area contributed by atoms with Gasteiger partial charge in [0, 0.05) is 12.6 Å². The minimum Gasteiger partial charge on any atom is -0.486 e. The number of nitrogens with zero attached hydrogens (tertiary/aromatic N) is 2. The molecule has 1 aromatic heterocycles. The van der Waals surface area contributed by atoms with Crippen molar-refractivity contribution in [3.63, 3.8) is 0 Å². The zero-order valence-electron chi connectivity index (χ0n) is 14.1. The highest BCUT2D eigenvalue weighted by Gasteiger charge is 2.23. The second kappa shape index (κ2) is 6.37. The molecule has 0 spiro atoms. The largest absolute Gasteiger partial charge is 0.486 e. The summed E-state index contributed by atoms with van der Waals surface area (Å²) in [6, 6.07) is 13.2. The summed E-state index contributed by atoms with van der Waals surface area (Å²) >= 11 is 1.62. The molecule has 0 fully saturated rings. The first-order valence-electron chi connectivity index (χ1n) is 8.16. The Hall–Kier alpha value is -2.60. The maximum absolute atomic E-state index is 12.9. The molecule has 1 atom stereocenters. The number of amides is 1. The Balaban J connectivity index is 1.58. The van der Waals surface area contributed by atoms with Gasteiger partial charge in [0.05, 0.1) is 16.3 Å². The molecule has 0 radical (unpaired) electrons. The number of rotatable bonds is 3. The van der Waals surface area contributed by atoms with Crippen molar-refractivity contribution in [1.29, 1.82) is 0 Å². The van der Waals surface area contributed by atoms with Gasteiger partial charge in [-0.1, -0.05) is 12.1 Å². The van der Waals surface area contributed by atoms with Gasteiger partial charge in [-0.25, -0.2) is 4.98 Å². The molecule has 3 aromatic rings. The standard InChI is InChI=1S/C19H18N2O3S/c1-12(18-20-14-5-3-4-6-17(14)25-18)21(2)19(22)13-7-8-15-16(11-13)24-10-9-23-15/h3-8,11-12H,9-10H2,1-2H3/t12-/m0/s1. The fraction of sp³-hybridized carbons (Fsp3) is 0.263. The smallest absolute Gasteiger partial charge is 0.254 e. The molecule has 25 heavy (non-hydrogen) atoms. The van der Waals surface area contributed by atoms with Crippen molar-refractivity contribution in [3.8, 4) is 11.5 Å². The Kier molecular flexibility index (Phi) is 4.05. The van der Waals surface area contributed by atoms with Crippen molar-refractivity contribution in [2.75, 3.05) is 20.3 Å². The molecule has 6 heteroatoms. The van der Waals surface area contributed by atoms with Crippen LogP contribution in [0.1, 0.15) is 28.3 Å². The van der Waals surface area contributed by atoms with Gasteiger partial charge in [-0.2, -0.15) is 0 Å². The van der Waals surface area contributed by atoms with E-state index in [0.29, 0.717) is 30.3 Å². The van der Waals surface area contributed by atoms with Crippen LogP contribution in [0.2, 0.25) is 0 Å². The van der Waals surface area contributed by atoms with Crippen LogP contribution in [0, 0.1) is 0 Å². The number of carbonyl (C=O) groups is 1. The summed E-state index contributed by atoms with van der Waals surface area (Å²) < 4.78 is 12.2. The minimum atomic E-state index is -0.113. The molecule has 5 nitrogen and oxygen atoms in total. The van der Waals surface area contributed by atoms with E-state index in [0.717, 1.165) is 15.2 Å². The van der Waals surface area contributed by atoms with E-state index < -0.39 is 0 Å². The third-order valence-electron chi connectivity index (χ3n) is 4.36. The molecule has 128 valence electrons. The topological polar surface area (TPSA) is 51.7 Å². The van der Waals surface area contributed by atoms with Crippen LogP contribution < -0.4 is 9.47 Å². The number of hydrogen-bond acceptors (Lipinski definition) is 5. The normalized spacial score (nSPS) is 14.3. The Morgan fingerprint density at radius 3 is 2.72 bits per heavy atom. The summed E-state index contributed by atoms with van der Waals surface area (Å²) in [6.07, 6.45) is 0. The van der Waals surface area contributed by atoms with Gasteiger partial charge in [-0.05, 0) is 37.3 Å². The molecule has 0 unspecified atom stereocenters. The number of carbonyl (C=O) groups excluding carboxylic acids is 1. The Bertz CT molecular complexity index is 904. The molecule has 1 aliphatic heterocycles. The zero-order valence-corrected chi connectivity index (χ0v) is 14.9. The van der Waals surface area contributed by atoms with Gasteiger partial charge in [0.1, 0.15) is 18.2 Å². The zero-order chi connectivity index (χ0) is 17.4. The quantitative estimate of drug-likeness (QED) is 0.716. The van der Waals surface area contributed by atoms with Crippen molar-refractivity contribution in [3.05, 3.63) is 53.0 Å². The highest BCUT2D eigenvalue weighted by atomic mass is 32.1. The molecule has 0 aliphatic carbocycles. The second-order valence-electron chi connectivity index (χ2n) is 5.97. The number of hydrogen-bond donors (Lipinski definition) is 0. The van der Waals surface area contributed by atoms with Crippen molar-refractivity contribution in [2.24, 2.45) is 0 Å². The molecule has 1 aliphatic rings. The van der Waals surface area contributed by atoms with Crippen molar-refractivity contribution in [2.45, 2.75) is 13.0 Å². The molecule has 0 bridgehead atoms. The summed E-state index contributed by atoms with van der Waals surface area (Å²) in [6.45, 7) is 3.03. The predicted octanol–water partition coefficient (Wildman–Crippen LogP) is 3.90. The molecule has 0 N–H and O–H groups in total. The van der Waals surface area contributed by atoms with Crippen LogP contribution in [-0.2, 0) is 0 Å². The van der Waals surface area contributed by atoms with E-state index in [1.54, 1.807) is 41.5 Å². The van der Waals surface area contributed by atoms with Crippen LogP contribution in [0.25, 0.3) is 10.2 Å². The number of ether oxygens (including phenoxy) is 2. The number of para-hydroxylation sites is 1. The van der Waals surface area contributed by atoms with Crippen LogP contribution in [0.3, 0.4) is 0 Å². The summed E-state index contributed by atoms with van der Waals surface area (Å²) in [5.41, 5.74) is 1.55. The Morgan fingerprint density at radius 1 is 1.16 bits per heavy atom. The van der Waals surface area contributed by atoms with E-state index in [4.69, 9.17) is 9.47 Å². The van der Waals surface area contributed by atoms with Gasteiger partial charge in [0.25, 0.3) is 5.91 Å². The van der Waals surface area contributed by atoms with Crippen molar-refractivity contribution < 1.29 is 14.3 Å². The average molecular weight is 354 g/mol. The number of fused-ring (bicyclic) bond motifs is 2. The van der Waals surface area contributed by atoms with Gasteiger partial charge in [-0.3, -0.25) is 4.79 Å². The molecule has 1 amide bonds. The monoisotopic (exact) mass is 354 g/mol. The second-order valence-corrected chi connectivity index (χ2v) is 7.03. The van der Waals surface area contributed by atoms with Crippen molar-refractivity contribution in [1.82, 2.24) is 9.88 Å². The number of thiazole rings is 1. The highest BCUT2D eigenvalue weighted by Crippen LogP contribution is 2.33. The van der Waals surface area contributed by atoms with Crippen LogP contribution >= 0.6 is 11.3 Å². The van der Waals surface area contributed by atoms with Gasteiger partial charge >= 0.3 is 0 Å². The van der Waals surface area contributed by atoms with E-state index in [2.05, 4.69) is 4.98 Å². The molecular formula is C19H18N2O3S. The molecule has 4 rings (SSSR count). The van der Waals surface area contributed by atoms with Crippen molar-refractivity contribution >= 4 is 27.5 Å². The third kappa shape index (κ3) is 2.93. The molecular weight excluding hydrogens is 336 g/mol. The first-order valence-corrected chi connectivity index (χ1v) is 8.97. The van der Waals surface area contributed by atoms with Gasteiger partial charge in [0.15, 0.2) is 11.5 Å². The first-order chi connectivity index (χ1) is 12.1. The fourth-order valence-electron chi connectivity index (χ4n) is 2.79. The van der Waals surface area contributed by atoms with Crippen LogP contribution in [0.5, 0.6) is 11.5 Å². The van der Waals surface area contributed by atoms with Crippen LogP contribution in [0.4, 0.5) is 0 Å². The minimum absolute atomic E-state index is 0.0660. The lowest BCUT2D eigenvalue weighted by Crippen LogP contribution is -2.29. The summed E-state index contributed by atoms with van der Waals surface area (Å²) in [5.74, 6) is 1.24. The molecule has 0 saturated heterocycles. The Morgan fingerprint density at radius 2 is 1.92 bits per heavy atom. The van der Waals surface area contributed by atoms with E-state index in [-0.39, 0.29) is 11.9 Å². The van der Waals surface area contributed by atoms with E-state index in [9.17, 15) is 4.79 Å². The van der Waals surface area contributed by atoms with E-state index in [1.165, 1.54) is 0 Å². The molecule has 2 heterocycles. The van der Waals surface area contributed by atoms with Gasteiger partial charge < -0.3 is 14.4 Å². The molecule has 0 saturated carbocycles. The summed E-state index contributed by atoms with van der Waals surface area (Å²) in [7, 11) is 1.80. The highest BCUT2D eigenvalue weighted by molar-refractivity contribution is 7.18. The maximum atomic E-state index is 12.9. The lowest BCUT2D eigenvalue weighted by atomic mass is 10.1. The lowest BCUT2D eigenvalue weighted by molar-refractivity contribution is 0.0741. The van der Waals surface area contributed by atoms with E-state index in [1.807, 2.05) is 31.2 Å². The predicted molar refractivity (Wildman–Crippen MR) is 97.6 cm³/mol. The van der Waals surface area contributed by atoms with Gasteiger partial charge in [-0.15, -0.1) is 11.3 Å². The lowest BCUT2D eigenvalue weighted by Gasteiger charge is -2.24. The summed E-state index contributed by atoms with van der Waals surface area (Å²) in [4.78, 5) is 19.2. The van der Waals surface area contributed by atoms with Crippen LogP contribution in [-0.4, -0.2) is 36.1 Å². The van der Waals surface area contributed by atoms with Crippen LogP contribution in [0.15, 0.2) is 42.5 Å². The van der Waals surface area contributed by atoms with E-state index >= 15 is 0 Å². The SMILES string of the molecule is C[C@@H](c1nc2ccccc2s1)N(C)C(=O)c1ccc2c(c1)OCCO2.